The summed E-state index contributed by atoms with van der Waals surface area (Å²) in [5.41, 5.74) is 1.41. The van der Waals surface area contributed by atoms with Crippen molar-refractivity contribution in [2.45, 2.75) is 26.3 Å². The van der Waals surface area contributed by atoms with Crippen LogP contribution in [0.1, 0.15) is 24.6 Å². The molecule has 0 amide bonds. The van der Waals surface area contributed by atoms with Crippen LogP contribution < -0.4 is 0 Å². The van der Waals surface area contributed by atoms with E-state index in [9.17, 15) is 9.90 Å². The largest absolute Gasteiger partial charge is 0.481 e. The maximum Gasteiger partial charge on any atom is 0.312 e. The fraction of sp³-hybridized carbons (Fsp3) is 0.750. The molecule has 0 aromatic carbocycles. The lowest BCUT2D eigenvalue weighted by Gasteiger charge is -2.39. The van der Waals surface area contributed by atoms with E-state index in [2.05, 4.69) is 21.8 Å². The van der Waals surface area contributed by atoms with E-state index in [4.69, 9.17) is 11.6 Å². The van der Waals surface area contributed by atoms with Gasteiger partial charge in [0.25, 0.3) is 0 Å². The second-order valence-electron chi connectivity index (χ2n) is 7.05. The third-order valence-electron chi connectivity index (χ3n) is 5.47. The molecule has 2 aliphatic rings. The maximum absolute atomic E-state index is 12.0. The molecule has 23 heavy (non-hydrogen) atoms. The zero-order valence-corrected chi connectivity index (χ0v) is 14.8. The fourth-order valence-corrected chi connectivity index (χ4v) is 4.46. The first-order valence-electron chi connectivity index (χ1n) is 8.22. The summed E-state index contributed by atoms with van der Waals surface area (Å²) in [5.74, 6) is -0.443. The number of likely N-dealkylation sites (tertiary alicyclic amines) is 2. The number of hydrogen-bond acceptors (Lipinski definition) is 4. The van der Waals surface area contributed by atoms with Crippen LogP contribution in [0.5, 0.6) is 0 Å². The van der Waals surface area contributed by atoms with E-state index >= 15 is 0 Å². The molecule has 1 N–H and O–H groups in total. The van der Waals surface area contributed by atoms with E-state index in [0.717, 1.165) is 37.2 Å². The number of carboxylic acids is 1. The van der Waals surface area contributed by atoms with Gasteiger partial charge in [-0.3, -0.25) is 14.4 Å². The summed E-state index contributed by atoms with van der Waals surface area (Å²) in [5, 5.41) is 15.0. The van der Waals surface area contributed by atoms with Gasteiger partial charge in [-0.05, 0) is 32.4 Å². The zero-order chi connectivity index (χ0) is 16.8. The van der Waals surface area contributed by atoms with Crippen LogP contribution in [0.15, 0.2) is 0 Å². The Hall–Kier alpha value is -1.11. The number of carboxylic acid groups (broad SMARTS) is 1. The monoisotopic (exact) mass is 340 g/mol. The molecular formula is C16H25ClN4O2. The summed E-state index contributed by atoms with van der Waals surface area (Å²) in [6.45, 7) is 5.78. The molecule has 0 radical (unpaired) electrons. The highest BCUT2D eigenvalue weighted by atomic mass is 35.5. The number of aryl methyl sites for hydroxylation is 2. The first-order valence-corrected chi connectivity index (χ1v) is 8.59. The van der Waals surface area contributed by atoms with Gasteiger partial charge in [0.05, 0.1) is 11.1 Å². The average Bonchev–Trinajstić information content (AvgIpc) is 3.00. The summed E-state index contributed by atoms with van der Waals surface area (Å²) < 4.78 is 1.71. The number of nitrogens with zero attached hydrogens (tertiary/aromatic N) is 4. The Morgan fingerprint density at radius 2 is 2.17 bits per heavy atom. The van der Waals surface area contributed by atoms with Gasteiger partial charge in [-0.25, -0.2) is 0 Å². The van der Waals surface area contributed by atoms with Crippen LogP contribution in [0.3, 0.4) is 0 Å². The van der Waals surface area contributed by atoms with Crippen LogP contribution in [0.4, 0.5) is 0 Å². The molecule has 0 aliphatic carbocycles. The average molecular weight is 341 g/mol. The molecule has 2 fully saturated rings. The molecule has 1 aromatic heterocycles. The van der Waals surface area contributed by atoms with Crippen molar-refractivity contribution in [2.24, 2.45) is 18.4 Å². The van der Waals surface area contributed by atoms with Gasteiger partial charge in [-0.1, -0.05) is 18.5 Å². The Balaban J connectivity index is 1.83. The predicted octanol–water partition coefficient (Wildman–Crippen LogP) is 1.47. The molecule has 0 saturated carbocycles. The molecule has 1 aromatic rings. The Bertz CT molecular complexity index is 617. The Labute approximate surface area is 142 Å². The molecular weight excluding hydrogens is 316 g/mol. The van der Waals surface area contributed by atoms with Crippen molar-refractivity contribution in [3.63, 3.8) is 0 Å². The fourth-order valence-electron chi connectivity index (χ4n) is 4.26. The lowest BCUT2D eigenvalue weighted by molar-refractivity contribution is -0.153. The molecule has 6 nitrogen and oxygen atoms in total. The summed E-state index contributed by atoms with van der Waals surface area (Å²) in [4.78, 5) is 16.4. The molecule has 2 saturated heterocycles. The molecule has 3 heterocycles. The van der Waals surface area contributed by atoms with Crippen LogP contribution in [0.2, 0.25) is 5.15 Å². The van der Waals surface area contributed by atoms with E-state index in [1.165, 1.54) is 0 Å². The highest BCUT2D eigenvalue weighted by Gasteiger charge is 2.54. The quantitative estimate of drug-likeness (QED) is 0.899. The molecule has 2 aliphatic heterocycles. The van der Waals surface area contributed by atoms with Crippen molar-refractivity contribution in [3.05, 3.63) is 16.4 Å². The lowest BCUT2D eigenvalue weighted by Crippen LogP contribution is -2.52. The van der Waals surface area contributed by atoms with Crippen LogP contribution in [-0.4, -0.2) is 63.9 Å². The van der Waals surface area contributed by atoms with Crippen molar-refractivity contribution in [3.8, 4) is 0 Å². The Morgan fingerprint density at radius 3 is 2.83 bits per heavy atom. The number of piperidine rings is 1. The molecule has 0 bridgehead atoms. The number of halogens is 1. The van der Waals surface area contributed by atoms with E-state index in [1.807, 2.05) is 14.1 Å². The van der Waals surface area contributed by atoms with Gasteiger partial charge >= 0.3 is 5.97 Å². The van der Waals surface area contributed by atoms with Gasteiger partial charge < -0.3 is 10.0 Å². The topological polar surface area (TPSA) is 61.6 Å². The standard InChI is InChI=1S/C16H25ClN4O2/c1-4-13-12(14(17)20(3)18-13)8-21-7-11-5-6-19(2)9-16(11,10-21)15(22)23/h11H,4-10H2,1-3H3,(H,22,23)/t11-,16-/m0/s1. The first kappa shape index (κ1) is 16.7. The second-order valence-corrected chi connectivity index (χ2v) is 7.41. The SMILES string of the molecule is CCc1nn(C)c(Cl)c1CN1C[C@@H]2CCN(C)C[C@]2(C(=O)O)C1. The summed E-state index contributed by atoms with van der Waals surface area (Å²) >= 11 is 6.39. The maximum atomic E-state index is 12.0. The molecule has 0 unspecified atom stereocenters. The van der Waals surface area contributed by atoms with Gasteiger partial charge in [-0.15, -0.1) is 0 Å². The van der Waals surface area contributed by atoms with E-state index < -0.39 is 11.4 Å². The number of carbonyl (C=O) groups is 1. The van der Waals surface area contributed by atoms with E-state index in [-0.39, 0.29) is 5.92 Å². The molecule has 7 heteroatoms. The van der Waals surface area contributed by atoms with Gasteiger partial charge in [0.15, 0.2) is 0 Å². The molecule has 3 rings (SSSR count). The smallest absolute Gasteiger partial charge is 0.312 e. The molecule has 0 spiro atoms. The number of aliphatic carboxylic acids is 1. The number of rotatable bonds is 4. The van der Waals surface area contributed by atoms with Crippen LogP contribution in [0.25, 0.3) is 0 Å². The second kappa shape index (κ2) is 6.07. The lowest BCUT2D eigenvalue weighted by atomic mass is 9.73. The predicted molar refractivity (Wildman–Crippen MR) is 88.5 cm³/mol. The minimum absolute atomic E-state index is 0.219. The Kier molecular flexibility index (Phi) is 4.42. The zero-order valence-electron chi connectivity index (χ0n) is 14.0. The first-order chi connectivity index (χ1) is 10.9. The van der Waals surface area contributed by atoms with Crippen molar-refractivity contribution in [1.29, 1.82) is 0 Å². The number of aromatic nitrogens is 2. The third kappa shape index (κ3) is 2.77. The third-order valence-corrected chi connectivity index (χ3v) is 5.94. The molecule has 2 atom stereocenters. The van der Waals surface area contributed by atoms with Crippen molar-refractivity contribution in [2.75, 3.05) is 33.2 Å². The van der Waals surface area contributed by atoms with Gasteiger partial charge in [0, 0.05) is 38.8 Å². The Morgan fingerprint density at radius 1 is 1.43 bits per heavy atom. The summed E-state index contributed by atoms with van der Waals surface area (Å²) in [6.07, 6.45) is 1.78. The molecule has 128 valence electrons. The van der Waals surface area contributed by atoms with Gasteiger partial charge in [0.2, 0.25) is 0 Å². The minimum Gasteiger partial charge on any atom is -0.481 e. The highest BCUT2D eigenvalue weighted by Crippen LogP contribution is 2.43. The van der Waals surface area contributed by atoms with Crippen molar-refractivity contribution < 1.29 is 9.90 Å². The minimum atomic E-state index is -0.662. The number of hydrogen-bond donors (Lipinski definition) is 1. The van der Waals surface area contributed by atoms with Crippen LogP contribution >= 0.6 is 11.6 Å². The van der Waals surface area contributed by atoms with Gasteiger partial charge in [0.1, 0.15) is 5.15 Å². The summed E-state index contributed by atoms with van der Waals surface area (Å²) in [7, 11) is 3.86. The normalized spacial score (nSPS) is 29.0. The van der Waals surface area contributed by atoms with E-state index in [1.54, 1.807) is 4.68 Å². The van der Waals surface area contributed by atoms with Crippen LogP contribution in [-0.2, 0) is 24.8 Å². The van der Waals surface area contributed by atoms with Gasteiger partial charge in [-0.2, -0.15) is 5.10 Å². The number of fused-ring (bicyclic) bond motifs is 1. The van der Waals surface area contributed by atoms with Crippen molar-refractivity contribution >= 4 is 17.6 Å². The van der Waals surface area contributed by atoms with Crippen molar-refractivity contribution in [1.82, 2.24) is 19.6 Å². The van der Waals surface area contributed by atoms with E-state index in [0.29, 0.717) is 24.8 Å². The highest BCUT2D eigenvalue weighted by molar-refractivity contribution is 6.30. The summed E-state index contributed by atoms with van der Waals surface area (Å²) in [6, 6.07) is 0. The van der Waals surface area contributed by atoms with Crippen LogP contribution in [0, 0.1) is 11.3 Å².